The fourth-order valence-corrected chi connectivity index (χ4v) is 3.31. The maximum Gasteiger partial charge on any atom is 0.337 e. The summed E-state index contributed by atoms with van der Waals surface area (Å²) in [6.07, 6.45) is 0. The molecule has 7 heteroatoms. The fraction of sp³-hybridized carbons (Fsp3) is 0.0909. The molecule has 4 nitrogen and oxygen atoms in total. The smallest absolute Gasteiger partial charge is 0.337 e. The van der Waals surface area contributed by atoms with E-state index in [0.29, 0.717) is 28.2 Å². The van der Waals surface area contributed by atoms with E-state index >= 15 is 0 Å². The molecule has 0 aliphatic rings. The fourth-order valence-electron chi connectivity index (χ4n) is 3.18. The molecule has 0 spiro atoms. The van der Waals surface area contributed by atoms with E-state index in [4.69, 9.17) is 16.3 Å². The summed E-state index contributed by atoms with van der Waals surface area (Å²) >= 11 is 5.96. The second-order valence-corrected chi connectivity index (χ2v) is 6.90. The molecule has 0 aliphatic carbocycles. The maximum atomic E-state index is 14.5. The molecule has 146 valence electrons. The number of rotatable bonds is 4. The van der Waals surface area contributed by atoms with E-state index in [0.717, 1.165) is 23.8 Å². The summed E-state index contributed by atoms with van der Waals surface area (Å²) in [5.74, 6) is -1.40. The Kier molecular flexibility index (Phi) is 5.03. The number of hydrogen-bond donors (Lipinski definition) is 0. The Hall–Kier alpha value is -3.25. The minimum absolute atomic E-state index is 0.0368. The Bertz CT molecular complexity index is 1220. The van der Waals surface area contributed by atoms with Crippen LogP contribution in [0, 0.1) is 11.6 Å². The molecule has 0 unspecified atom stereocenters. The van der Waals surface area contributed by atoms with Crippen molar-refractivity contribution >= 4 is 28.6 Å². The Morgan fingerprint density at radius 3 is 2.55 bits per heavy atom. The van der Waals surface area contributed by atoms with Crippen LogP contribution in [0.2, 0.25) is 5.02 Å². The predicted octanol–water partition coefficient (Wildman–Crippen LogP) is 5.47. The van der Waals surface area contributed by atoms with Gasteiger partial charge in [-0.3, -0.25) is 0 Å². The predicted molar refractivity (Wildman–Crippen MR) is 107 cm³/mol. The van der Waals surface area contributed by atoms with Gasteiger partial charge in [-0.1, -0.05) is 23.7 Å². The van der Waals surface area contributed by atoms with E-state index in [1.165, 1.54) is 7.11 Å². The van der Waals surface area contributed by atoms with Gasteiger partial charge in [0.25, 0.3) is 0 Å². The van der Waals surface area contributed by atoms with Crippen LogP contribution < -0.4 is 0 Å². The maximum absolute atomic E-state index is 14.5. The van der Waals surface area contributed by atoms with Gasteiger partial charge in [-0.25, -0.2) is 18.6 Å². The summed E-state index contributed by atoms with van der Waals surface area (Å²) in [6.45, 7) is 0.358. The van der Waals surface area contributed by atoms with E-state index in [1.807, 2.05) is 12.1 Å². The highest BCUT2D eigenvalue weighted by molar-refractivity contribution is 6.30. The molecule has 0 bridgehead atoms. The summed E-state index contributed by atoms with van der Waals surface area (Å²) in [4.78, 5) is 16.4. The highest BCUT2D eigenvalue weighted by Crippen LogP contribution is 2.29. The monoisotopic (exact) mass is 412 g/mol. The number of imidazole rings is 1. The lowest BCUT2D eigenvalue weighted by Gasteiger charge is -2.11. The van der Waals surface area contributed by atoms with Gasteiger partial charge < -0.3 is 9.30 Å². The molecule has 1 aromatic heterocycles. The van der Waals surface area contributed by atoms with Crippen molar-refractivity contribution < 1.29 is 18.3 Å². The molecule has 29 heavy (non-hydrogen) atoms. The molecule has 0 saturated heterocycles. The lowest BCUT2D eigenvalue weighted by molar-refractivity contribution is 0.0601. The van der Waals surface area contributed by atoms with Gasteiger partial charge in [0, 0.05) is 11.6 Å². The van der Waals surface area contributed by atoms with E-state index in [1.54, 1.807) is 34.9 Å². The Morgan fingerprint density at radius 2 is 1.83 bits per heavy atom. The van der Waals surface area contributed by atoms with E-state index in [2.05, 4.69) is 4.98 Å². The summed E-state index contributed by atoms with van der Waals surface area (Å²) in [5, 5.41) is 0.600. The summed E-state index contributed by atoms with van der Waals surface area (Å²) in [5.41, 5.74) is 2.41. The lowest BCUT2D eigenvalue weighted by Crippen LogP contribution is -2.04. The first-order valence-corrected chi connectivity index (χ1v) is 9.12. The van der Waals surface area contributed by atoms with Crippen LogP contribution in [-0.4, -0.2) is 22.6 Å². The molecule has 4 aromatic rings. The van der Waals surface area contributed by atoms with Crippen LogP contribution in [-0.2, 0) is 11.3 Å². The van der Waals surface area contributed by atoms with E-state index < -0.39 is 17.6 Å². The molecule has 0 fully saturated rings. The molecule has 4 rings (SSSR count). The Labute approximate surface area is 170 Å². The zero-order chi connectivity index (χ0) is 20.5. The first-order valence-electron chi connectivity index (χ1n) is 8.75. The quantitative estimate of drug-likeness (QED) is 0.417. The minimum atomic E-state index is -0.591. The van der Waals surface area contributed by atoms with Crippen LogP contribution in [0.25, 0.3) is 22.4 Å². The average Bonchev–Trinajstić information content (AvgIpc) is 3.08. The van der Waals surface area contributed by atoms with Gasteiger partial charge in [-0.15, -0.1) is 0 Å². The third kappa shape index (κ3) is 3.71. The molecule has 0 amide bonds. The molecule has 0 aliphatic heterocycles. The van der Waals surface area contributed by atoms with E-state index in [-0.39, 0.29) is 11.4 Å². The van der Waals surface area contributed by atoms with Crippen molar-refractivity contribution in [1.82, 2.24) is 9.55 Å². The second-order valence-electron chi connectivity index (χ2n) is 6.47. The zero-order valence-electron chi connectivity index (χ0n) is 15.3. The van der Waals surface area contributed by atoms with Gasteiger partial charge in [0.05, 0.1) is 29.3 Å². The number of nitrogens with zero attached hydrogens (tertiary/aromatic N) is 2. The number of hydrogen-bond acceptors (Lipinski definition) is 3. The van der Waals surface area contributed by atoms with Crippen LogP contribution >= 0.6 is 11.6 Å². The zero-order valence-corrected chi connectivity index (χ0v) is 16.1. The molecule has 0 atom stereocenters. The number of fused-ring (bicyclic) bond motifs is 1. The number of aromatic nitrogens is 2. The summed E-state index contributed by atoms with van der Waals surface area (Å²) < 4.78 is 34.9. The normalized spacial score (nSPS) is 11.0. The van der Waals surface area contributed by atoms with Gasteiger partial charge in [0.2, 0.25) is 0 Å². The third-order valence-corrected chi connectivity index (χ3v) is 4.84. The molecule has 0 radical (unpaired) electrons. The topological polar surface area (TPSA) is 44.1 Å². The van der Waals surface area contributed by atoms with Crippen LogP contribution in [0.5, 0.6) is 0 Å². The molecular formula is C22H15ClF2N2O2. The van der Waals surface area contributed by atoms with Crippen molar-refractivity contribution in [3.63, 3.8) is 0 Å². The SMILES string of the molecule is COC(=O)c1ccc2c(c1)nc(-c1cc(F)ccc1F)n2Cc1ccc(Cl)cc1. The molecule has 0 N–H and O–H groups in total. The Balaban J connectivity index is 1.92. The van der Waals surface area contributed by atoms with Crippen LogP contribution in [0.1, 0.15) is 15.9 Å². The highest BCUT2D eigenvalue weighted by Gasteiger charge is 2.18. The first kappa shape index (κ1) is 19.1. The molecular weight excluding hydrogens is 398 g/mol. The van der Waals surface area contributed by atoms with Crippen LogP contribution in [0.3, 0.4) is 0 Å². The number of methoxy groups -OCH3 is 1. The molecule has 0 saturated carbocycles. The van der Waals surface area contributed by atoms with Crippen molar-refractivity contribution in [1.29, 1.82) is 0 Å². The van der Waals surface area contributed by atoms with Gasteiger partial charge >= 0.3 is 5.97 Å². The number of carbonyl (C=O) groups excluding carboxylic acids is 1. The van der Waals surface area contributed by atoms with Gasteiger partial charge in [-0.2, -0.15) is 0 Å². The van der Waals surface area contributed by atoms with Gasteiger partial charge in [-0.05, 0) is 54.1 Å². The number of esters is 1. The van der Waals surface area contributed by atoms with Crippen molar-refractivity contribution in [2.75, 3.05) is 7.11 Å². The number of ether oxygens (including phenoxy) is 1. The number of halogens is 3. The standard InChI is InChI=1S/C22H15ClF2N2O2/c1-29-22(28)14-4-9-20-19(10-14)26-21(17-11-16(24)7-8-18(17)25)27(20)12-13-2-5-15(23)6-3-13/h2-11H,12H2,1H3. The first-order chi connectivity index (χ1) is 14.0. The van der Waals surface area contributed by atoms with E-state index in [9.17, 15) is 13.6 Å². The van der Waals surface area contributed by atoms with Crippen molar-refractivity contribution in [3.05, 3.63) is 88.4 Å². The van der Waals surface area contributed by atoms with Crippen LogP contribution in [0.4, 0.5) is 8.78 Å². The van der Waals surface area contributed by atoms with Gasteiger partial charge in [0.1, 0.15) is 17.5 Å². The molecule has 1 heterocycles. The molecule has 3 aromatic carbocycles. The average molecular weight is 413 g/mol. The van der Waals surface area contributed by atoms with Crippen LogP contribution in [0.15, 0.2) is 60.7 Å². The minimum Gasteiger partial charge on any atom is -0.465 e. The Morgan fingerprint density at radius 1 is 1.07 bits per heavy atom. The summed E-state index contributed by atoms with van der Waals surface area (Å²) in [7, 11) is 1.29. The second kappa shape index (κ2) is 7.64. The van der Waals surface area contributed by atoms with Crippen molar-refractivity contribution in [3.8, 4) is 11.4 Å². The number of benzene rings is 3. The van der Waals surface area contributed by atoms with Crippen molar-refractivity contribution in [2.24, 2.45) is 0 Å². The van der Waals surface area contributed by atoms with Gasteiger partial charge in [0.15, 0.2) is 0 Å². The lowest BCUT2D eigenvalue weighted by atomic mass is 10.1. The largest absolute Gasteiger partial charge is 0.465 e. The third-order valence-electron chi connectivity index (χ3n) is 4.59. The number of carbonyl (C=O) groups is 1. The van der Waals surface area contributed by atoms with Crippen molar-refractivity contribution in [2.45, 2.75) is 6.54 Å². The highest BCUT2D eigenvalue weighted by atomic mass is 35.5. The summed E-state index contributed by atoms with van der Waals surface area (Å²) in [6, 6.07) is 15.3.